The molecular formula is C25H29N3O6. The van der Waals surface area contributed by atoms with Crippen molar-refractivity contribution >= 4 is 23.9 Å². The van der Waals surface area contributed by atoms with Crippen LogP contribution in [0.3, 0.4) is 0 Å². The number of carbonyl (C=O) groups is 4. The predicted molar refractivity (Wildman–Crippen MR) is 125 cm³/mol. The molecular weight excluding hydrogens is 438 g/mol. The highest BCUT2D eigenvalue weighted by Crippen LogP contribution is 2.44. The van der Waals surface area contributed by atoms with E-state index in [-0.39, 0.29) is 31.4 Å². The summed E-state index contributed by atoms with van der Waals surface area (Å²) < 4.78 is 5.40. The number of carboxylic acid groups (broad SMARTS) is 1. The Hall–Kier alpha value is -3.88. The highest BCUT2D eigenvalue weighted by Gasteiger charge is 2.30. The first kappa shape index (κ1) is 24.8. The van der Waals surface area contributed by atoms with Gasteiger partial charge in [-0.3, -0.25) is 14.4 Å². The Bertz CT molecular complexity index is 1010. The third-order valence-corrected chi connectivity index (χ3v) is 5.55. The Morgan fingerprint density at radius 1 is 0.941 bits per heavy atom. The lowest BCUT2D eigenvalue weighted by Crippen LogP contribution is -2.48. The van der Waals surface area contributed by atoms with Gasteiger partial charge < -0.3 is 25.8 Å². The molecule has 0 saturated carbocycles. The number of carbonyl (C=O) groups excluding carboxylic acids is 3. The third kappa shape index (κ3) is 6.34. The molecule has 180 valence electrons. The molecule has 1 atom stereocenters. The lowest BCUT2D eigenvalue weighted by atomic mass is 9.98. The lowest BCUT2D eigenvalue weighted by molar-refractivity contribution is -0.140. The molecule has 0 saturated heterocycles. The number of hydrogen-bond donors (Lipinski definition) is 4. The first-order valence-electron chi connectivity index (χ1n) is 11.3. The van der Waals surface area contributed by atoms with E-state index in [1.807, 2.05) is 55.5 Å². The molecule has 2 aromatic carbocycles. The number of ether oxygens (including phenoxy) is 1. The molecule has 1 aliphatic rings. The van der Waals surface area contributed by atoms with Gasteiger partial charge in [-0.25, -0.2) is 4.79 Å². The highest BCUT2D eigenvalue weighted by molar-refractivity contribution is 5.89. The zero-order valence-electron chi connectivity index (χ0n) is 19.0. The van der Waals surface area contributed by atoms with Gasteiger partial charge in [0.25, 0.3) is 0 Å². The number of amides is 3. The van der Waals surface area contributed by atoms with Crippen LogP contribution in [-0.4, -0.2) is 54.7 Å². The lowest BCUT2D eigenvalue weighted by Gasteiger charge is -2.18. The van der Waals surface area contributed by atoms with Gasteiger partial charge in [-0.2, -0.15) is 0 Å². The molecule has 1 aliphatic carbocycles. The van der Waals surface area contributed by atoms with Crippen LogP contribution in [-0.2, 0) is 19.1 Å². The highest BCUT2D eigenvalue weighted by atomic mass is 16.5. The van der Waals surface area contributed by atoms with Gasteiger partial charge in [0.15, 0.2) is 0 Å². The first-order valence-corrected chi connectivity index (χ1v) is 11.3. The van der Waals surface area contributed by atoms with Crippen molar-refractivity contribution in [3.05, 3.63) is 59.7 Å². The van der Waals surface area contributed by atoms with E-state index in [0.29, 0.717) is 6.54 Å². The first-order chi connectivity index (χ1) is 16.4. The fourth-order valence-corrected chi connectivity index (χ4v) is 3.94. The number of aliphatic carboxylic acids is 1. The van der Waals surface area contributed by atoms with E-state index in [1.54, 1.807) is 0 Å². The molecule has 34 heavy (non-hydrogen) atoms. The van der Waals surface area contributed by atoms with Gasteiger partial charge in [0, 0.05) is 25.4 Å². The van der Waals surface area contributed by atoms with Crippen molar-refractivity contribution in [3.63, 3.8) is 0 Å². The van der Waals surface area contributed by atoms with E-state index < -0.39 is 30.4 Å². The molecule has 2 aromatic rings. The average molecular weight is 468 g/mol. The molecule has 0 bridgehead atoms. The van der Waals surface area contributed by atoms with Crippen LogP contribution in [0.25, 0.3) is 11.1 Å². The maximum atomic E-state index is 12.4. The minimum absolute atomic E-state index is 0.0247. The average Bonchev–Trinajstić information content (AvgIpc) is 3.14. The summed E-state index contributed by atoms with van der Waals surface area (Å²) >= 11 is 0. The van der Waals surface area contributed by atoms with Crippen LogP contribution in [0.1, 0.15) is 43.2 Å². The van der Waals surface area contributed by atoms with Crippen molar-refractivity contribution in [1.82, 2.24) is 16.0 Å². The summed E-state index contributed by atoms with van der Waals surface area (Å²) in [6, 6.07) is 14.4. The maximum Gasteiger partial charge on any atom is 0.407 e. The topological polar surface area (TPSA) is 134 Å². The second kappa shape index (κ2) is 11.8. The normalized spacial score (nSPS) is 12.7. The second-order valence-corrected chi connectivity index (χ2v) is 8.01. The Labute approximate surface area is 197 Å². The Morgan fingerprint density at radius 2 is 1.56 bits per heavy atom. The van der Waals surface area contributed by atoms with E-state index in [9.17, 15) is 19.2 Å². The van der Waals surface area contributed by atoms with Gasteiger partial charge in [-0.15, -0.1) is 0 Å². The number of carboxylic acids is 1. The molecule has 9 nitrogen and oxygen atoms in total. The number of hydrogen-bond acceptors (Lipinski definition) is 5. The molecule has 9 heteroatoms. The summed E-state index contributed by atoms with van der Waals surface area (Å²) in [6.07, 6.45) is -0.652. The van der Waals surface area contributed by atoms with Crippen LogP contribution >= 0.6 is 0 Å². The molecule has 0 radical (unpaired) electrons. The number of nitrogens with one attached hydrogen (secondary N) is 3. The van der Waals surface area contributed by atoms with E-state index in [1.165, 1.54) is 0 Å². The Kier molecular flexibility index (Phi) is 8.61. The minimum atomic E-state index is -1.33. The molecule has 0 heterocycles. The van der Waals surface area contributed by atoms with Crippen molar-refractivity contribution in [1.29, 1.82) is 0 Å². The minimum Gasteiger partial charge on any atom is -0.481 e. The van der Waals surface area contributed by atoms with Gasteiger partial charge in [0.1, 0.15) is 12.6 Å². The van der Waals surface area contributed by atoms with Crippen LogP contribution in [0.15, 0.2) is 48.5 Å². The molecule has 0 spiro atoms. The van der Waals surface area contributed by atoms with Crippen LogP contribution in [0, 0.1) is 0 Å². The van der Waals surface area contributed by atoms with Gasteiger partial charge >= 0.3 is 12.1 Å². The van der Waals surface area contributed by atoms with Crippen LogP contribution in [0.2, 0.25) is 0 Å². The number of rotatable bonds is 11. The zero-order valence-corrected chi connectivity index (χ0v) is 19.0. The van der Waals surface area contributed by atoms with Crippen molar-refractivity contribution < 1.29 is 29.0 Å². The van der Waals surface area contributed by atoms with E-state index >= 15 is 0 Å². The fraction of sp³-hybridized carbons (Fsp3) is 0.360. The monoisotopic (exact) mass is 467 g/mol. The summed E-state index contributed by atoms with van der Waals surface area (Å²) in [5.74, 6) is -2.33. The maximum absolute atomic E-state index is 12.4. The van der Waals surface area contributed by atoms with Crippen molar-refractivity contribution in [3.8, 4) is 11.1 Å². The second-order valence-electron chi connectivity index (χ2n) is 8.01. The molecule has 3 rings (SSSR count). The summed E-state index contributed by atoms with van der Waals surface area (Å²) in [7, 11) is 0. The molecule has 4 N–H and O–H groups in total. The summed E-state index contributed by atoms with van der Waals surface area (Å²) in [5, 5.41) is 16.7. The molecule has 0 aromatic heterocycles. The van der Waals surface area contributed by atoms with Gasteiger partial charge in [-0.1, -0.05) is 55.5 Å². The summed E-state index contributed by atoms with van der Waals surface area (Å²) in [6.45, 7) is 2.53. The Balaban J connectivity index is 1.56. The van der Waals surface area contributed by atoms with Crippen molar-refractivity contribution in [2.75, 3.05) is 19.7 Å². The van der Waals surface area contributed by atoms with Crippen LogP contribution in [0.4, 0.5) is 4.79 Å². The van der Waals surface area contributed by atoms with Gasteiger partial charge in [0.2, 0.25) is 11.8 Å². The SMILES string of the molecule is CCCNC(=O)CCNC(=O)C(CC(=O)O)NC(=O)OCC1c2ccccc2-c2ccccc21. The Morgan fingerprint density at radius 3 is 2.15 bits per heavy atom. The van der Waals surface area contributed by atoms with Crippen molar-refractivity contribution in [2.24, 2.45) is 0 Å². The van der Waals surface area contributed by atoms with Gasteiger partial charge in [0.05, 0.1) is 6.42 Å². The number of benzene rings is 2. The molecule has 1 unspecified atom stereocenters. The molecule has 0 aliphatic heterocycles. The number of fused-ring (bicyclic) bond motifs is 3. The number of alkyl carbamates (subject to hydrolysis) is 1. The summed E-state index contributed by atoms with van der Waals surface area (Å²) in [4.78, 5) is 47.7. The third-order valence-electron chi connectivity index (χ3n) is 5.55. The van der Waals surface area contributed by atoms with E-state index in [2.05, 4.69) is 16.0 Å². The molecule has 3 amide bonds. The van der Waals surface area contributed by atoms with Gasteiger partial charge in [-0.05, 0) is 28.7 Å². The largest absolute Gasteiger partial charge is 0.481 e. The standard InChI is InChI=1S/C25H29N3O6/c1-2-12-26-22(29)11-13-27-24(32)21(14-23(30)31)28-25(33)34-15-20-18-9-5-3-7-16(18)17-8-4-6-10-19(17)20/h3-10,20-21H,2,11-15H2,1H3,(H,26,29)(H,27,32)(H,28,33)(H,30,31). The predicted octanol–water partition coefficient (Wildman–Crippen LogP) is 2.40. The summed E-state index contributed by atoms with van der Waals surface area (Å²) in [5.41, 5.74) is 4.24. The van der Waals surface area contributed by atoms with Crippen LogP contribution in [0.5, 0.6) is 0 Å². The van der Waals surface area contributed by atoms with Crippen LogP contribution < -0.4 is 16.0 Å². The smallest absolute Gasteiger partial charge is 0.407 e. The molecule has 0 fully saturated rings. The quantitative estimate of drug-likeness (QED) is 0.401. The fourth-order valence-electron chi connectivity index (χ4n) is 3.94. The van der Waals surface area contributed by atoms with E-state index in [4.69, 9.17) is 9.84 Å². The zero-order chi connectivity index (χ0) is 24.5. The van der Waals surface area contributed by atoms with Crippen molar-refractivity contribution in [2.45, 2.75) is 38.1 Å². The van der Waals surface area contributed by atoms with E-state index in [0.717, 1.165) is 28.7 Å².